The maximum absolute atomic E-state index is 1.68. The smallest absolute Gasteiger partial charge is 0.0266 e. The monoisotopic (exact) mass is 1360 g/mol. The van der Waals surface area contributed by atoms with Crippen molar-refractivity contribution in [2.24, 2.45) is 230 Å². The van der Waals surface area contributed by atoms with E-state index in [1.165, 1.54) is 386 Å². The van der Waals surface area contributed by atoms with Gasteiger partial charge >= 0.3 is 0 Å². The van der Waals surface area contributed by atoms with Crippen LogP contribution in [0.4, 0.5) is 0 Å². The highest BCUT2D eigenvalue weighted by Crippen LogP contribution is 3.01. The van der Waals surface area contributed by atoms with E-state index in [1.807, 2.05) is 0 Å². The highest BCUT2D eigenvalue weighted by molar-refractivity contribution is 5.44. The normalized spacial score (nSPS) is 57.6. The lowest BCUT2D eigenvalue weighted by Crippen LogP contribution is -3.00. The SMILES string of the molecule is C12C3C4C1C1C2C3C41.C1C2C3CC4C5CC3C1C5C24.C1C2CC3C1C3C2.C1C2CC3CC1CC(C2)C3.C1C2CC3CC1CC3C2.C1CC2C3C(C1)C23.C1CC2CC3CCCC3(C1)C2.C1CCC2C3CCC2C(C1)C3.C1CCCC1.C1CCCCC1.C1CCCCCC1.C1CCCCCCC1. The third kappa shape index (κ3) is 12.6. The molecule has 22 bridgehead atoms. The minimum absolute atomic E-state index is 0.906. The molecule has 37 aliphatic rings. The Morgan fingerprint density at radius 3 is 0.800 bits per heavy atom. The Labute approximate surface area is 618 Å². The topological polar surface area (TPSA) is 0 Å². The molecule has 0 heteroatoms. The van der Waals surface area contributed by atoms with E-state index in [0.717, 1.165) is 11.3 Å². The zero-order valence-electron chi connectivity index (χ0n) is 65.6. The van der Waals surface area contributed by atoms with E-state index in [9.17, 15) is 0 Å². The van der Waals surface area contributed by atoms with E-state index in [1.54, 1.807) is 225 Å². The molecule has 0 aromatic heterocycles. The minimum Gasteiger partial charge on any atom is -0.0533 e. The number of fused-ring (bicyclic) bond motifs is 5. The summed E-state index contributed by atoms with van der Waals surface area (Å²) in [5, 5.41) is 0. The first-order valence-electron chi connectivity index (χ1n) is 49.5. The van der Waals surface area contributed by atoms with Crippen LogP contribution in [-0.2, 0) is 0 Å². The first-order chi connectivity index (χ1) is 49.5. The molecule has 37 fully saturated rings. The van der Waals surface area contributed by atoms with Gasteiger partial charge in [0.25, 0.3) is 0 Å². The fourth-order valence-electron chi connectivity index (χ4n) is 38.2. The second-order valence-corrected chi connectivity index (χ2v) is 46.0. The molecule has 0 N–H and O–H groups in total. The van der Waals surface area contributed by atoms with Gasteiger partial charge < -0.3 is 0 Å². The zero-order valence-corrected chi connectivity index (χ0v) is 65.6. The van der Waals surface area contributed by atoms with Gasteiger partial charge in [-0.1, -0.05) is 212 Å². The van der Waals surface area contributed by atoms with Gasteiger partial charge in [-0.15, -0.1) is 0 Å². The predicted octanol–water partition coefficient (Wildman–Crippen LogP) is 28.5. The van der Waals surface area contributed by atoms with Crippen molar-refractivity contribution >= 4 is 0 Å². The van der Waals surface area contributed by atoms with Gasteiger partial charge in [-0.2, -0.15) is 0 Å². The van der Waals surface area contributed by atoms with Crippen molar-refractivity contribution in [2.75, 3.05) is 0 Å². The van der Waals surface area contributed by atoms with Crippen molar-refractivity contribution in [3.8, 4) is 0 Å². The predicted molar refractivity (Wildman–Crippen MR) is 417 cm³/mol. The molecule has 37 rings (SSSR count). The van der Waals surface area contributed by atoms with Gasteiger partial charge in [-0.3, -0.25) is 0 Å². The summed E-state index contributed by atoms with van der Waals surface area (Å²) >= 11 is 0. The van der Waals surface area contributed by atoms with Crippen LogP contribution in [0.25, 0.3) is 0 Å². The van der Waals surface area contributed by atoms with Crippen LogP contribution in [0.5, 0.6) is 0 Å². The van der Waals surface area contributed by atoms with Crippen LogP contribution >= 0.6 is 0 Å². The summed E-state index contributed by atoms with van der Waals surface area (Å²) in [7, 11) is 0. The molecule has 0 aromatic rings. The van der Waals surface area contributed by atoms with Crippen LogP contribution in [0.1, 0.15) is 392 Å². The lowest BCUT2D eigenvalue weighted by atomic mass is 9.01. The van der Waals surface area contributed by atoms with Gasteiger partial charge in [-0.05, 0) is 410 Å². The van der Waals surface area contributed by atoms with E-state index in [4.69, 9.17) is 0 Å². The molecule has 0 radical (unpaired) electrons. The van der Waals surface area contributed by atoms with Crippen LogP contribution in [0.3, 0.4) is 0 Å². The standard InChI is InChI=1S/C11H14.2C11H18.C10H16.C9H14.C8H8.C8H16.2C7H10.C7H14.C6H12.C5H10/c1-4-5-2-9-8(1)10-6(4)3-7(5)11(9)10;1-3-9-7-10-4-2-6-11(10,5-1)8-9;1-2-4-10-9-5-6-11(10)8(3-1)7-9;1-7-2-9-4-8(1)5-10(3-7)6-9;1-6-2-8-4-7(1)5-9(8)3-6;1-2-5-3(1)7-4(1)6(2)8(5)7;1-2-4-6-8-7-5-3-1;1-4-2-6-5(1)7(6)3-4;1-2-4-6-5(3-1)7(4)6;1-2-4-6-7-5-3-1;1-2-4-6-5-3-1;1-2-4-5-3-1/h4-11H,1-3H2;9-10H,1-8H2;8-11H,1-7H2;7-10H,1-6H2;6-9H,1-5H2;1-8H;1-8H2;2*4-7H,1-3H2;1-7H2;1-6H2;1-5H2. The zero-order chi connectivity index (χ0) is 65.6. The van der Waals surface area contributed by atoms with E-state index >= 15 is 0 Å². The molecule has 0 nitrogen and oxygen atoms in total. The summed E-state index contributed by atoms with van der Waals surface area (Å²) < 4.78 is 0. The molecule has 560 valence electrons. The Kier molecular flexibility index (Phi) is 19.8. The summed E-state index contributed by atoms with van der Waals surface area (Å²) in [5.41, 5.74) is 0.906. The fraction of sp³-hybridized carbons (Fsp3) is 1.00. The second-order valence-electron chi connectivity index (χ2n) is 46.0. The summed E-state index contributed by atoms with van der Waals surface area (Å²) in [6, 6.07) is 0. The Balaban J connectivity index is 0.0000000719. The molecule has 0 heterocycles. The lowest BCUT2D eigenvalue weighted by Gasteiger charge is -3.03. The summed E-state index contributed by atoms with van der Waals surface area (Å²) in [4.78, 5) is 0. The lowest BCUT2D eigenvalue weighted by molar-refractivity contribution is -0.565. The maximum atomic E-state index is 1.68. The quantitative estimate of drug-likeness (QED) is 0.212. The van der Waals surface area contributed by atoms with E-state index in [0.29, 0.717) is 0 Å². The number of hydrogen-bond acceptors (Lipinski definition) is 0. The average molecular weight is 1360 g/mol. The highest BCUT2D eigenvalue weighted by Gasteiger charge is 2.97. The molecule has 0 saturated heterocycles. The second kappa shape index (κ2) is 29.0. The largest absolute Gasteiger partial charge is 0.0533 e. The third-order valence-electron chi connectivity index (χ3n) is 41.8. The third-order valence-corrected chi connectivity index (χ3v) is 41.8. The Morgan fingerprint density at radius 2 is 0.440 bits per heavy atom. The Morgan fingerprint density at radius 1 is 0.140 bits per heavy atom. The Hall–Kier alpha value is 0. The van der Waals surface area contributed by atoms with Crippen LogP contribution in [0, 0.1) is 230 Å². The molecule has 0 amide bonds. The highest BCUT2D eigenvalue weighted by atomic mass is 15.0. The van der Waals surface area contributed by atoms with Gasteiger partial charge in [0.15, 0.2) is 0 Å². The minimum atomic E-state index is 0.906. The van der Waals surface area contributed by atoms with Gasteiger partial charge in [0, 0.05) is 0 Å². The molecule has 37 saturated carbocycles. The van der Waals surface area contributed by atoms with Gasteiger partial charge in [0.1, 0.15) is 0 Å². The molecule has 0 aliphatic heterocycles. The van der Waals surface area contributed by atoms with E-state index in [2.05, 4.69) is 0 Å². The van der Waals surface area contributed by atoms with Crippen LogP contribution in [0.2, 0.25) is 0 Å². The molecule has 15 atom stereocenters. The Bertz CT molecular complexity index is 2320. The van der Waals surface area contributed by atoms with Crippen molar-refractivity contribution in [2.45, 2.75) is 392 Å². The van der Waals surface area contributed by atoms with Crippen LogP contribution < -0.4 is 0 Å². The van der Waals surface area contributed by atoms with Crippen molar-refractivity contribution in [3.05, 3.63) is 0 Å². The molecule has 15 unspecified atom stereocenters. The van der Waals surface area contributed by atoms with Crippen LogP contribution in [0.15, 0.2) is 0 Å². The van der Waals surface area contributed by atoms with Crippen molar-refractivity contribution in [1.82, 2.24) is 0 Å². The van der Waals surface area contributed by atoms with Gasteiger partial charge in [0.05, 0.1) is 0 Å². The number of hydrogen-bond donors (Lipinski definition) is 0. The molecule has 37 aliphatic carbocycles. The summed E-state index contributed by atoms with van der Waals surface area (Å²) in [5.74, 6) is 47.5. The van der Waals surface area contributed by atoms with E-state index in [-0.39, 0.29) is 0 Å². The fourth-order valence-corrected chi connectivity index (χ4v) is 38.2. The molecule has 100 heavy (non-hydrogen) atoms. The summed E-state index contributed by atoms with van der Waals surface area (Å²) in [6.07, 6.45) is 95.1. The molecule has 0 aromatic carbocycles. The van der Waals surface area contributed by atoms with Crippen LogP contribution in [-0.4, -0.2) is 0 Å². The van der Waals surface area contributed by atoms with Crippen molar-refractivity contribution < 1.29 is 0 Å². The average Bonchev–Trinajstić information content (AvgIpc) is 1.09. The number of rotatable bonds is 0. The van der Waals surface area contributed by atoms with Gasteiger partial charge in [0.2, 0.25) is 0 Å². The van der Waals surface area contributed by atoms with Gasteiger partial charge in [-0.25, -0.2) is 0 Å². The molecule has 1 spiro atoms. The summed E-state index contributed by atoms with van der Waals surface area (Å²) in [6.45, 7) is 0. The molecular formula is C100H160. The van der Waals surface area contributed by atoms with Crippen molar-refractivity contribution in [3.63, 3.8) is 0 Å². The maximum Gasteiger partial charge on any atom is -0.0266 e. The van der Waals surface area contributed by atoms with E-state index < -0.39 is 0 Å². The molecular weight excluding hydrogens is 1200 g/mol. The first-order valence-corrected chi connectivity index (χ1v) is 49.5. The van der Waals surface area contributed by atoms with Crippen molar-refractivity contribution in [1.29, 1.82) is 0 Å². The first kappa shape index (κ1) is 68.1.